The maximum atomic E-state index is 2.50. The quantitative estimate of drug-likeness (QED) is 0.121. The van der Waals surface area contributed by atoms with Crippen molar-refractivity contribution < 1.29 is 0 Å². The molecule has 0 bridgehead atoms. The minimum Gasteiger partial charge on any atom is -0.310 e. The highest BCUT2D eigenvalue weighted by molar-refractivity contribution is 6.21. The molecule has 2 aliphatic heterocycles. The van der Waals surface area contributed by atoms with Crippen LogP contribution in [0.15, 0.2) is 254 Å². The van der Waals surface area contributed by atoms with Crippen LogP contribution in [0.4, 0.5) is 34.1 Å². The van der Waals surface area contributed by atoms with E-state index >= 15 is 0 Å². The zero-order chi connectivity index (χ0) is 51.3. The molecule has 11 aromatic rings. The van der Waals surface area contributed by atoms with Crippen molar-refractivity contribution >= 4 is 82.8 Å². The topological polar surface area (TPSA) is 6.48 Å². The third kappa shape index (κ3) is 7.08. The van der Waals surface area contributed by atoms with Crippen molar-refractivity contribution in [1.82, 2.24) is 0 Å². The summed E-state index contributed by atoms with van der Waals surface area (Å²) >= 11 is 0. The molecule has 0 radical (unpaired) electrons. The minimum absolute atomic E-state index is 0.168. The van der Waals surface area contributed by atoms with Crippen molar-refractivity contribution in [1.29, 1.82) is 0 Å². The van der Waals surface area contributed by atoms with Crippen molar-refractivity contribution in [2.75, 3.05) is 9.80 Å². The van der Waals surface area contributed by atoms with Gasteiger partial charge in [-0.3, -0.25) is 0 Å². The molecule has 0 saturated carbocycles. The number of anilines is 6. The van der Waals surface area contributed by atoms with Crippen molar-refractivity contribution in [2.45, 2.75) is 51.9 Å². The van der Waals surface area contributed by atoms with Crippen LogP contribution in [-0.2, 0) is 10.8 Å². The van der Waals surface area contributed by atoms with Gasteiger partial charge >= 0.3 is 0 Å². The zero-order valence-electron chi connectivity index (χ0n) is 43.8. The van der Waals surface area contributed by atoms with Gasteiger partial charge in [0.2, 0.25) is 0 Å². The fraction of sp³-hybridized carbons (Fsp3) is 0.108. The lowest BCUT2D eigenvalue weighted by Gasteiger charge is -2.42. The van der Waals surface area contributed by atoms with Crippen LogP contribution in [0, 0.1) is 0 Å². The number of allylic oxidation sites excluding steroid dienone is 8. The van der Waals surface area contributed by atoms with E-state index in [0.717, 1.165) is 17.8 Å². The lowest BCUT2D eigenvalue weighted by atomic mass is 9.73. The van der Waals surface area contributed by atoms with Gasteiger partial charge in [0.1, 0.15) is 0 Å². The lowest BCUT2D eigenvalue weighted by molar-refractivity contribution is 0.632. The molecule has 76 heavy (non-hydrogen) atoms. The van der Waals surface area contributed by atoms with Gasteiger partial charge in [-0.05, 0) is 172 Å². The average Bonchev–Trinajstić information content (AvgIpc) is 3.64. The van der Waals surface area contributed by atoms with E-state index in [2.05, 4.69) is 293 Å². The minimum atomic E-state index is -0.171. The summed E-state index contributed by atoms with van der Waals surface area (Å²) < 4.78 is 0. The number of hydrogen-bond acceptors (Lipinski definition) is 2. The molecule has 2 heteroatoms. The van der Waals surface area contributed by atoms with Crippen molar-refractivity contribution in [3.05, 3.63) is 282 Å². The Morgan fingerprint density at radius 3 is 1.47 bits per heavy atom. The van der Waals surface area contributed by atoms with Crippen LogP contribution in [0.1, 0.15) is 68.9 Å². The second kappa shape index (κ2) is 17.6. The molecule has 364 valence electrons. The smallest absolute Gasteiger partial charge is 0.0502 e. The zero-order valence-corrected chi connectivity index (χ0v) is 43.8. The van der Waals surface area contributed by atoms with Gasteiger partial charge in [0, 0.05) is 22.2 Å². The van der Waals surface area contributed by atoms with Crippen molar-refractivity contribution in [3.63, 3.8) is 0 Å². The fourth-order valence-corrected chi connectivity index (χ4v) is 13.2. The summed E-state index contributed by atoms with van der Waals surface area (Å²) in [6.07, 6.45) is 14.3. The highest BCUT2D eigenvalue weighted by atomic mass is 15.2. The molecule has 1 aliphatic carbocycles. The lowest BCUT2D eigenvalue weighted by Crippen LogP contribution is -2.30. The third-order valence-corrected chi connectivity index (χ3v) is 17.0. The molecule has 14 rings (SSSR count). The van der Waals surface area contributed by atoms with E-state index in [4.69, 9.17) is 0 Å². The predicted octanol–water partition coefficient (Wildman–Crippen LogP) is 20.7. The van der Waals surface area contributed by atoms with Crippen LogP contribution in [-0.4, -0.2) is 0 Å². The van der Waals surface area contributed by atoms with Crippen molar-refractivity contribution in [2.24, 2.45) is 0 Å². The number of hydrogen-bond donors (Lipinski definition) is 0. The molecule has 3 aliphatic rings. The van der Waals surface area contributed by atoms with Crippen LogP contribution in [0.3, 0.4) is 0 Å². The van der Waals surface area contributed by atoms with Crippen LogP contribution in [0.2, 0.25) is 0 Å². The highest BCUT2D eigenvalue weighted by Gasteiger charge is 2.38. The van der Waals surface area contributed by atoms with Gasteiger partial charge in [-0.25, -0.2) is 0 Å². The number of benzene rings is 11. The van der Waals surface area contributed by atoms with Crippen LogP contribution < -0.4 is 9.80 Å². The molecule has 0 aromatic heterocycles. The van der Waals surface area contributed by atoms with Gasteiger partial charge in [-0.1, -0.05) is 222 Å². The Labute approximate surface area is 446 Å². The first-order valence-corrected chi connectivity index (χ1v) is 26.9. The standard InChI is InChI=1S/C74H58N2/c1-48(35-36-49-21-7-6-8-22-49)71-58-43-41-54(76-69-33-19-15-29-65(69)74(4,5)66-30-16-20-34-70(66)76)47-62(58)72(51-39-37-50(38-40-51)60-45-52-23-9-10-24-55(52)56-25-11-12-26-57(56)60)59-44-42-53(46-61(59)71)75-67-31-17-13-27-63(67)73(2,3)64-28-14-18-32-68(64)75/h6-21,23-47H,22H2,1-5H3/b48-35+,49-36-. The van der Waals surface area contributed by atoms with Gasteiger partial charge in [0.05, 0.1) is 22.7 Å². The largest absolute Gasteiger partial charge is 0.310 e. The van der Waals surface area contributed by atoms with E-state index in [1.54, 1.807) is 0 Å². The second-order valence-electron chi connectivity index (χ2n) is 22.1. The monoisotopic (exact) mass is 974 g/mol. The summed E-state index contributed by atoms with van der Waals surface area (Å²) in [5.74, 6) is 0. The van der Waals surface area contributed by atoms with Crippen LogP contribution >= 0.6 is 0 Å². The summed E-state index contributed by atoms with van der Waals surface area (Å²) in [7, 11) is 0. The fourth-order valence-electron chi connectivity index (χ4n) is 13.2. The molecule has 11 aromatic carbocycles. The van der Waals surface area contributed by atoms with E-state index in [9.17, 15) is 0 Å². The third-order valence-electron chi connectivity index (χ3n) is 17.0. The van der Waals surface area contributed by atoms with Gasteiger partial charge in [0.15, 0.2) is 0 Å². The Hall–Kier alpha value is -8.98. The van der Waals surface area contributed by atoms with Gasteiger partial charge in [0.25, 0.3) is 0 Å². The number of para-hydroxylation sites is 4. The summed E-state index contributed by atoms with van der Waals surface area (Å²) in [5.41, 5.74) is 20.7. The molecular weight excluding hydrogens is 917 g/mol. The molecule has 2 nitrogen and oxygen atoms in total. The first-order valence-electron chi connectivity index (χ1n) is 26.9. The molecule has 0 amide bonds. The molecule has 0 unspecified atom stereocenters. The second-order valence-corrected chi connectivity index (χ2v) is 22.1. The summed E-state index contributed by atoms with van der Waals surface area (Å²) in [6.45, 7) is 11.8. The van der Waals surface area contributed by atoms with Gasteiger partial charge in [-0.2, -0.15) is 0 Å². The normalized spacial score (nSPS) is 15.8. The first-order chi connectivity index (χ1) is 37.1. The number of rotatable bonds is 6. The predicted molar refractivity (Wildman–Crippen MR) is 326 cm³/mol. The van der Waals surface area contributed by atoms with Crippen molar-refractivity contribution in [3.8, 4) is 22.3 Å². The molecule has 0 spiro atoms. The highest BCUT2D eigenvalue weighted by Crippen LogP contribution is 2.55. The summed E-state index contributed by atoms with van der Waals surface area (Å²) in [5, 5.41) is 9.94. The van der Waals surface area contributed by atoms with E-state index in [-0.39, 0.29) is 10.8 Å². The maximum absolute atomic E-state index is 2.50. The Kier molecular flexibility index (Phi) is 10.5. The Morgan fingerprint density at radius 1 is 0.421 bits per heavy atom. The van der Waals surface area contributed by atoms with E-state index in [0.29, 0.717) is 0 Å². The first kappa shape index (κ1) is 45.6. The number of fused-ring (bicyclic) bond motifs is 9. The van der Waals surface area contributed by atoms with Gasteiger partial charge in [-0.15, -0.1) is 0 Å². The number of nitrogens with zero attached hydrogens (tertiary/aromatic N) is 2. The Bertz CT molecular complexity index is 4230. The maximum Gasteiger partial charge on any atom is 0.0502 e. The summed E-state index contributed by atoms with van der Waals surface area (Å²) in [6, 6.07) is 79.9. The molecule has 0 atom stereocenters. The van der Waals surface area contributed by atoms with E-state index in [1.165, 1.54) is 127 Å². The van der Waals surface area contributed by atoms with Crippen LogP contribution in [0.5, 0.6) is 0 Å². The summed E-state index contributed by atoms with van der Waals surface area (Å²) in [4.78, 5) is 5.00. The SMILES string of the molecule is C/C(=C\C=C1\C=CC=CC1)c1c2cc(N3c4ccccc4C(C)(C)c4ccccc43)ccc2c(-c2ccc(-c3cc4ccccc4c4ccccc34)cc2)c2cc(N3c4ccccc4C(C)(C)c4ccccc43)ccc12. The average molecular weight is 975 g/mol. The van der Waals surface area contributed by atoms with E-state index in [1.807, 2.05) is 0 Å². The van der Waals surface area contributed by atoms with E-state index < -0.39 is 0 Å². The molecule has 2 heterocycles. The Morgan fingerprint density at radius 2 is 0.908 bits per heavy atom. The Balaban J connectivity index is 1.05. The molecular formula is C74H58N2. The van der Waals surface area contributed by atoms with Crippen LogP contribution in [0.25, 0.3) is 70.9 Å². The molecule has 0 fully saturated rings. The molecule has 0 saturated heterocycles. The molecule has 0 N–H and O–H groups in total. The van der Waals surface area contributed by atoms with Gasteiger partial charge < -0.3 is 9.80 Å².